The molecule has 1 N–H and O–H groups in total. The van der Waals surface area contributed by atoms with Crippen LogP contribution in [-0.4, -0.2) is 13.1 Å². The van der Waals surface area contributed by atoms with Crippen molar-refractivity contribution in [2.45, 2.75) is 19.8 Å². The van der Waals surface area contributed by atoms with Crippen molar-refractivity contribution in [3.05, 3.63) is 72.4 Å². The molecule has 2 rings (SSSR count). The van der Waals surface area contributed by atoms with Crippen LogP contribution in [0.1, 0.15) is 19.8 Å². The highest BCUT2D eigenvalue weighted by molar-refractivity contribution is 7.00. The van der Waals surface area contributed by atoms with Crippen LogP contribution in [0.15, 0.2) is 72.4 Å². The molecule has 0 aliphatic rings. The zero-order valence-corrected chi connectivity index (χ0v) is 12.3. The molecule has 0 bridgehead atoms. The van der Waals surface area contributed by atoms with Crippen molar-refractivity contribution in [1.29, 1.82) is 0 Å². The van der Waals surface area contributed by atoms with Crippen molar-refractivity contribution in [1.82, 2.24) is 0 Å². The van der Waals surface area contributed by atoms with Crippen molar-refractivity contribution < 1.29 is 4.80 Å². The summed E-state index contributed by atoms with van der Waals surface area (Å²) in [6.45, 7) is 2.15. The van der Waals surface area contributed by atoms with Gasteiger partial charge in [0.15, 0.2) is 0 Å². The number of benzene rings is 2. The first kappa shape index (κ1) is 13.8. The predicted molar refractivity (Wildman–Crippen MR) is 84.2 cm³/mol. The molecule has 0 aliphatic heterocycles. The molecule has 19 heavy (non-hydrogen) atoms. The van der Waals surface area contributed by atoms with Crippen LogP contribution in [0.3, 0.4) is 0 Å². The first-order chi connectivity index (χ1) is 9.27. The average molecular weight is 268 g/mol. The third kappa shape index (κ3) is 3.22. The second kappa shape index (κ2) is 6.50. The first-order valence-corrected chi connectivity index (χ1v) is 8.81. The van der Waals surface area contributed by atoms with Gasteiger partial charge in [0.1, 0.15) is 0 Å². The number of unbranched alkanes of at least 4 members (excludes halogenated alkanes) is 1. The molecule has 2 heteroatoms. The van der Waals surface area contributed by atoms with Gasteiger partial charge in [0.05, 0.1) is 0 Å². The van der Waals surface area contributed by atoms with Crippen LogP contribution in [0.5, 0.6) is 0 Å². The zero-order valence-electron chi connectivity index (χ0n) is 11.3. The molecule has 0 aromatic heterocycles. The Morgan fingerprint density at radius 1 is 0.895 bits per heavy atom. The standard InChI is InChI=1S/C17H20OSi/c1-2-3-10-15-19(18,16-11-6-4-7-12-16)17-13-8-5-9-14-17/h4-15,18H,2-3H2,1H3/b15-10+. The Morgan fingerprint density at radius 3 is 1.79 bits per heavy atom. The van der Waals surface area contributed by atoms with E-state index in [9.17, 15) is 4.80 Å². The van der Waals surface area contributed by atoms with Gasteiger partial charge >= 0.3 is 0 Å². The van der Waals surface area contributed by atoms with Gasteiger partial charge in [0.2, 0.25) is 0 Å². The van der Waals surface area contributed by atoms with E-state index in [2.05, 4.69) is 13.0 Å². The van der Waals surface area contributed by atoms with E-state index >= 15 is 0 Å². The Hall–Kier alpha value is -1.64. The average Bonchev–Trinajstić information content (AvgIpc) is 2.49. The third-order valence-corrected chi connectivity index (χ3v) is 6.39. The second-order valence-electron chi connectivity index (χ2n) is 4.69. The number of rotatable bonds is 5. The Labute approximate surface area is 116 Å². The highest BCUT2D eigenvalue weighted by Crippen LogP contribution is 2.05. The minimum Gasteiger partial charge on any atom is -0.421 e. The minimum atomic E-state index is -2.72. The Bertz CT molecular complexity index is 480. The molecule has 2 aromatic carbocycles. The van der Waals surface area contributed by atoms with Crippen LogP contribution >= 0.6 is 0 Å². The summed E-state index contributed by atoms with van der Waals surface area (Å²) in [4.78, 5) is 11.2. The van der Waals surface area contributed by atoms with Crippen LogP contribution < -0.4 is 10.4 Å². The van der Waals surface area contributed by atoms with Gasteiger partial charge < -0.3 is 4.80 Å². The molecule has 0 unspecified atom stereocenters. The predicted octanol–water partition coefficient (Wildman–Crippen LogP) is 2.63. The van der Waals surface area contributed by atoms with Crippen LogP contribution in [0.25, 0.3) is 0 Å². The van der Waals surface area contributed by atoms with E-state index in [-0.39, 0.29) is 0 Å². The summed E-state index contributed by atoms with van der Waals surface area (Å²) in [7, 11) is -2.72. The summed E-state index contributed by atoms with van der Waals surface area (Å²) in [5.41, 5.74) is 2.04. The molecule has 2 aromatic rings. The molecular weight excluding hydrogens is 248 g/mol. The highest BCUT2D eigenvalue weighted by atomic mass is 28.4. The number of allylic oxidation sites excluding steroid dienone is 1. The lowest BCUT2D eigenvalue weighted by Crippen LogP contribution is -2.57. The fraction of sp³-hybridized carbons (Fsp3) is 0.176. The fourth-order valence-electron chi connectivity index (χ4n) is 2.16. The Morgan fingerprint density at radius 2 is 1.37 bits per heavy atom. The van der Waals surface area contributed by atoms with Crippen molar-refractivity contribution >= 4 is 18.7 Å². The monoisotopic (exact) mass is 268 g/mol. The van der Waals surface area contributed by atoms with E-state index in [0.717, 1.165) is 23.2 Å². The lowest BCUT2D eigenvalue weighted by molar-refractivity contribution is 0.581. The van der Waals surface area contributed by atoms with E-state index in [1.54, 1.807) is 0 Å². The summed E-state index contributed by atoms with van der Waals surface area (Å²) >= 11 is 0. The SMILES string of the molecule is CCC/C=C/[Si](O)(c1ccccc1)c1ccccc1. The van der Waals surface area contributed by atoms with E-state index in [1.165, 1.54) is 0 Å². The van der Waals surface area contributed by atoms with Gasteiger partial charge in [-0.2, -0.15) is 0 Å². The van der Waals surface area contributed by atoms with Crippen molar-refractivity contribution in [3.8, 4) is 0 Å². The first-order valence-electron chi connectivity index (χ1n) is 6.78. The van der Waals surface area contributed by atoms with Crippen molar-refractivity contribution in [2.24, 2.45) is 0 Å². The maximum Gasteiger partial charge on any atom is 0.277 e. The molecular formula is C17H20OSi. The van der Waals surface area contributed by atoms with E-state index in [0.29, 0.717) is 0 Å². The molecule has 0 saturated carbocycles. The topological polar surface area (TPSA) is 20.2 Å². The normalized spacial score (nSPS) is 11.9. The summed E-state index contributed by atoms with van der Waals surface area (Å²) in [6, 6.07) is 20.0. The van der Waals surface area contributed by atoms with Gasteiger partial charge in [-0.1, -0.05) is 85.8 Å². The summed E-state index contributed by atoms with van der Waals surface area (Å²) in [5, 5.41) is 2.07. The van der Waals surface area contributed by atoms with Gasteiger partial charge in [0, 0.05) is 0 Å². The molecule has 0 aliphatic carbocycles. The quantitative estimate of drug-likeness (QED) is 0.827. The van der Waals surface area contributed by atoms with Crippen LogP contribution in [0, 0.1) is 0 Å². The fourth-order valence-corrected chi connectivity index (χ4v) is 4.79. The number of hydrogen-bond acceptors (Lipinski definition) is 1. The van der Waals surface area contributed by atoms with E-state index in [4.69, 9.17) is 0 Å². The van der Waals surface area contributed by atoms with E-state index < -0.39 is 8.32 Å². The van der Waals surface area contributed by atoms with Gasteiger partial charge in [-0.15, -0.1) is 0 Å². The smallest absolute Gasteiger partial charge is 0.277 e. The number of hydrogen-bond donors (Lipinski definition) is 1. The van der Waals surface area contributed by atoms with Gasteiger partial charge in [-0.3, -0.25) is 0 Å². The van der Waals surface area contributed by atoms with Gasteiger partial charge in [-0.25, -0.2) is 0 Å². The molecule has 0 radical (unpaired) electrons. The van der Waals surface area contributed by atoms with E-state index in [1.807, 2.05) is 66.4 Å². The van der Waals surface area contributed by atoms with Crippen LogP contribution in [-0.2, 0) is 0 Å². The molecule has 0 fully saturated rings. The Kier molecular flexibility index (Phi) is 4.72. The maximum absolute atomic E-state index is 11.2. The molecule has 0 amide bonds. The molecule has 0 spiro atoms. The zero-order chi connectivity index (χ0) is 13.6. The Balaban J connectivity index is 2.45. The lowest BCUT2D eigenvalue weighted by Gasteiger charge is -2.22. The van der Waals surface area contributed by atoms with Gasteiger partial charge in [0.25, 0.3) is 8.32 Å². The summed E-state index contributed by atoms with van der Waals surface area (Å²) in [6.07, 6.45) is 4.23. The molecule has 0 atom stereocenters. The molecule has 0 saturated heterocycles. The lowest BCUT2D eigenvalue weighted by atomic mass is 10.3. The van der Waals surface area contributed by atoms with Crippen molar-refractivity contribution in [3.63, 3.8) is 0 Å². The molecule has 0 heterocycles. The summed E-state index contributed by atoms with van der Waals surface area (Å²) in [5.74, 6) is 0. The summed E-state index contributed by atoms with van der Waals surface area (Å²) < 4.78 is 0. The second-order valence-corrected chi connectivity index (χ2v) is 7.71. The van der Waals surface area contributed by atoms with Crippen molar-refractivity contribution in [2.75, 3.05) is 0 Å². The van der Waals surface area contributed by atoms with Gasteiger partial charge in [-0.05, 0) is 16.8 Å². The van der Waals surface area contributed by atoms with Crippen LogP contribution in [0.2, 0.25) is 0 Å². The highest BCUT2D eigenvalue weighted by Gasteiger charge is 2.32. The minimum absolute atomic E-state index is 1.01. The molecule has 98 valence electrons. The maximum atomic E-state index is 11.2. The third-order valence-electron chi connectivity index (χ3n) is 3.24. The molecule has 1 nitrogen and oxygen atoms in total. The largest absolute Gasteiger partial charge is 0.421 e. The van der Waals surface area contributed by atoms with Crippen LogP contribution in [0.4, 0.5) is 0 Å².